The standard InChI is InChI=1S/C18H16Cl2N4O/c1-21-18-5-4-11(16-7-15(10-2-3-10)23-24(16)18)17(25)6-12-13(19)8-22-9-14(12)20/h4-5,7-10,21H,2-3,6H2,1H3. The molecular formula is C18H16Cl2N4O. The van der Waals surface area contributed by atoms with Crippen molar-refractivity contribution in [3.8, 4) is 0 Å². The third-order valence-corrected chi connectivity index (χ3v) is 5.13. The van der Waals surface area contributed by atoms with Crippen molar-refractivity contribution in [2.45, 2.75) is 25.2 Å². The van der Waals surface area contributed by atoms with Gasteiger partial charge < -0.3 is 5.32 Å². The molecule has 0 bridgehead atoms. The fraction of sp³-hybridized carbons (Fsp3) is 0.278. The average molecular weight is 375 g/mol. The van der Waals surface area contributed by atoms with E-state index in [1.807, 2.05) is 25.2 Å². The molecule has 0 radical (unpaired) electrons. The Labute approximate surface area is 155 Å². The van der Waals surface area contributed by atoms with Gasteiger partial charge in [-0.3, -0.25) is 9.78 Å². The van der Waals surface area contributed by atoms with Gasteiger partial charge in [-0.2, -0.15) is 5.10 Å². The Kier molecular flexibility index (Phi) is 4.13. The van der Waals surface area contributed by atoms with E-state index in [0.717, 1.165) is 29.9 Å². The van der Waals surface area contributed by atoms with Gasteiger partial charge in [0.25, 0.3) is 0 Å². The van der Waals surface area contributed by atoms with Crippen molar-refractivity contribution in [3.63, 3.8) is 0 Å². The summed E-state index contributed by atoms with van der Waals surface area (Å²) in [4.78, 5) is 16.9. The van der Waals surface area contributed by atoms with Crippen molar-refractivity contribution in [3.05, 3.63) is 57.5 Å². The van der Waals surface area contributed by atoms with Crippen LogP contribution in [0.5, 0.6) is 0 Å². The lowest BCUT2D eigenvalue weighted by molar-refractivity contribution is 0.0994. The Morgan fingerprint density at radius 3 is 2.64 bits per heavy atom. The zero-order chi connectivity index (χ0) is 17.6. The van der Waals surface area contributed by atoms with E-state index >= 15 is 0 Å². The van der Waals surface area contributed by atoms with Crippen molar-refractivity contribution < 1.29 is 4.79 Å². The van der Waals surface area contributed by atoms with Gasteiger partial charge >= 0.3 is 0 Å². The van der Waals surface area contributed by atoms with Crippen molar-refractivity contribution in [2.75, 3.05) is 12.4 Å². The highest BCUT2D eigenvalue weighted by Gasteiger charge is 2.28. The number of carbonyl (C=O) groups is 1. The van der Waals surface area contributed by atoms with Gasteiger partial charge in [-0.1, -0.05) is 23.2 Å². The first kappa shape index (κ1) is 16.4. The Morgan fingerprint density at radius 1 is 1.28 bits per heavy atom. The van der Waals surface area contributed by atoms with E-state index in [0.29, 0.717) is 27.1 Å². The summed E-state index contributed by atoms with van der Waals surface area (Å²) >= 11 is 12.3. The summed E-state index contributed by atoms with van der Waals surface area (Å²) < 4.78 is 1.80. The van der Waals surface area contributed by atoms with Gasteiger partial charge in [0.1, 0.15) is 5.82 Å². The first-order valence-corrected chi connectivity index (χ1v) is 8.85. The number of ketones is 1. The molecule has 1 N–H and O–H groups in total. The number of nitrogens with one attached hydrogen (secondary N) is 1. The van der Waals surface area contributed by atoms with Crippen LogP contribution in [0.2, 0.25) is 10.0 Å². The molecule has 1 saturated carbocycles. The van der Waals surface area contributed by atoms with Crippen LogP contribution in [0.3, 0.4) is 0 Å². The maximum atomic E-state index is 12.9. The molecular weight excluding hydrogens is 359 g/mol. The predicted molar refractivity (Wildman–Crippen MR) is 99.0 cm³/mol. The van der Waals surface area contributed by atoms with Crippen molar-refractivity contribution >= 4 is 40.3 Å². The molecule has 0 atom stereocenters. The number of carbonyl (C=O) groups excluding carboxylic acids is 1. The molecule has 25 heavy (non-hydrogen) atoms. The predicted octanol–water partition coefficient (Wildman–Crippen LogP) is 4.38. The lowest BCUT2D eigenvalue weighted by Crippen LogP contribution is -2.09. The summed E-state index contributed by atoms with van der Waals surface area (Å²) in [5, 5.41) is 8.58. The molecule has 0 aromatic carbocycles. The molecule has 0 aliphatic heterocycles. The summed E-state index contributed by atoms with van der Waals surface area (Å²) in [6, 6.07) is 5.70. The van der Waals surface area contributed by atoms with E-state index in [4.69, 9.17) is 23.2 Å². The quantitative estimate of drug-likeness (QED) is 0.673. The highest BCUT2D eigenvalue weighted by Crippen LogP contribution is 2.40. The number of fused-ring (bicyclic) bond motifs is 1. The molecule has 3 heterocycles. The van der Waals surface area contributed by atoms with Crippen LogP contribution in [0.4, 0.5) is 5.82 Å². The molecule has 0 saturated heterocycles. The normalized spacial score (nSPS) is 14.0. The first-order valence-electron chi connectivity index (χ1n) is 8.10. The number of halogens is 2. The zero-order valence-corrected chi connectivity index (χ0v) is 15.1. The number of rotatable bonds is 5. The first-order chi connectivity index (χ1) is 12.1. The van der Waals surface area contributed by atoms with Crippen LogP contribution < -0.4 is 5.32 Å². The van der Waals surface area contributed by atoms with E-state index in [-0.39, 0.29) is 12.2 Å². The molecule has 1 aliphatic carbocycles. The number of anilines is 1. The Bertz CT molecular complexity index is 958. The topological polar surface area (TPSA) is 59.3 Å². The minimum absolute atomic E-state index is 0.0510. The van der Waals surface area contributed by atoms with E-state index in [9.17, 15) is 4.79 Å². The number of pyridine rings is 2. The number of aromatic nitrogens is 3. The molecule has 0 amide bonds. The highest BCUT2D eigenvalue weighted by atomic mass is 35.5. The van der Waals surface area contributed by atoms with Crippen molar-refractivity contribution in [1.82, 2.24) is 14.6 Å². The van der Waals surface area contributed by atoms with Gasteiger partial charge in [0.15, 0.2) is 5.78 Å². The largest absolute Gasteiger partial charge is 0.373 e. The van der Waals surface area contributed by atoms with Gasteiger partial charge in [-0.15, -0.1) is 0 Å². The Morgan fingerprint density at radius 2 is 2.00 bits per heavy atom. The Balaban J connectivity index is 1.76. The summed E-state index contributed by atoms with van der Waals surface area (Å²) in [7, 11) is 1.84. The molecule has 4 rings (SSSR count). The molecule has 5 nitrogen and oxygen atoms in total. The maximum Gasteiger partial charge on any atom is 0.169 e. The monoisotopic (exact) mass is 374 g/mol. The SMILES string of the molecule is CNc1ccc(C(=O)Cc2c(Cl)cncc2Cl)c2cc(C3CC3)nn12. The fourth-order valence-electron chi connectivity index (χ4n) is 2.96. The molecule has 0 unspecified atom stereocenters. The molecule has 0 spiro atoms. The Hall–Kier alpha value is -2.11. The van der Waals surface area contributed by atoms with E-state index in [2.05, 4.69) is 15.4 Å². The smallest absolute Gasteiger partial charge is 0.169 e. The number of hydrogen-bond donors (Lipinski definition) is 1. The molecule has 1 aliphatic rings. The minimum Gasteiger partial charge on any atom is -0.373 e. The van der Waals surface area contributed by atoms with Gasteiger partial charge in [-0.05, 0) is 31.0 Å². The second-order valence-corrected chi connectivity index (χ2v) is 7.02. The van der Waals surface area contributed by atoms with Crippen molar-refractivity contribution in [1.29, 1.82) is 0 Å². The van der Waals surface area contributed by atoms with E-state index in [1.54, 1.807) is 4.52 Å². The summed E-state index contributed by atoms with van der Waals surface area (Å²) in [6.07, 6.45) is 5.44. The van der Waals surface area contributed by atoms with Gasteiger partial charge in [0, 0.05) is 42.9 Å². The summed E-state index contributed by atoms with van der Waals surface area (Å²) in [5.74, 6) is 1.31. The van der Waals surface area contributed by atoms with E-state index in [1.165, 1.54) is 12.4 Å². The highest BCUT2D eigenvalue weighted by molar-refractivity contribution is 6.36. The minimum atomic E-state index is -0.0510. The molecule has 128 valence electrons. The van der Waals surface area contributed by atoms with E-state index < -0.39 is 0 Å². The molecule has 3 aromatic heterocycles. The van der Waals surface area contributed by atoms with Crippen LogP contribution >= 0.6 is 23.2 Å². The van der Waals surface area contributed by atoms with Crippen LogP contribution in [0, 0.1) is 0 Å². The molecule has 1 fully saturated rings. The van der Waals surface area contributed by atoms with Crippen LogP contribution in [-0.2, 0) is 6.42 Å². The number of Topliss-reactive ketones (excluding diaryl/α,β-unsaturated/α-hetero) is 1. The van der Waals surface area contributed by atoms with Crippen LogP contribution in [0.25, 0.3) is 5.52 Å². The summed E-state index contributed by atoms with van der Waals surface area (Å²) in [5.41, 5.74) is 3.06. The average Bonchev–Trinajstić information content (AvgIpc) is 3.35. The van der Waals surface area contributed by atoms with Crippen LogP contribution in [-0.4, -0.2) is 27.4 Å². The molecule has 7 heteroatoms. The number of hydrogen-bond acceptors (Lipinski definition) is 4. The van der Waals surface area contributed by atoms with Crippen molar-refractivity contribution in [2.24, 2.45) is 0 Å². The third-order valence-electron chi connectivity index (χ3n) is 4.48. The van der Waals surface area contributed by atoms with Crippen LogP contribution in [0.1, 0.15) is 40.4 Å². The summed E-state index contributed by atoms with van der Waals surface area (Å²) in [6.45, 7) is 0. The second kappa shape index (κ2) is 6.32. The maximum absolute atomic E-state index is 12.9. The fourth-order valence-corrected chi connectivity index (χ4v) is 3.46. The molecule has 3 aromatic rings. The van der Waals surface area contributed by atoms with Gasteiger partial charge in [0.2, 0.25) is 0 Å². The third kappa shape index (κ3) is 2.98. The van der Waals surface area contributed by atoms with Crippen LogP contribution in [0.15, 0.2) is 30.6 Å². The zero-order valence-electron chi connectivity index (χ0n) is 13.6. The number of nitrogens with zero attached hydrogens (tertiary/aromatic N) is 3. The lowest BCUT2D eigenvalue weighted by atomic mass is 10.0. The second-order valence-electron chi connectivity index (χ2n) is 6.20. The lowest BCUT2D eigenvalue weighted by Gasteiger charge is -2.09. The van der Waals surface area contributed by atoms with Gasteiger partial charge in [-0.25, -0.2) is 4.52 Å². The van der Waals surface area contributed by atoms with Gasteiger partial charge in [0.05, 0.1) is 21.3 Å².